The molecule has 1 aromatic rings. The minimum atomic E-state index is -4.25. The fourth-order valence-corrected chi connectivity index (χ4v) is 1.77. The SMILES string of the molecule is CCCc1cc(C(F)(F)F)ccc1CS. The first-order valence-corrected chi connectivity index (χ1v) is 5.42. The molecule has 0 saturated carbocycles. The highest BCUT2D eigenvalue weighted by molar-refractivity contribution is 7.79. The van der Waals surface area contributed by atoms with Gasteiger partial charge in [-0.15, -0.1) is 0 Å². The van der Waals surface area contributed by atoms with Crippen molar-refractivity contribution in [3.8, 4) is 0 Å². The first-order chi connectivity index (χ1) is 6.99. The third kappa shape index (κ3) is 3.16. The number of halogens is 3. The lowest BCUT2D eigenvalue weighted by molar-refractivity contribution is -0.137. The highest BCUT2D eigenvalue weighted by Crippen LogP contribution is 2.31. The molecule has 0 spiro atoms. The maximum absolute atomic E-state index is 12.4. The van der Waals surface area contributed by atoms with E-state index in [4.69, 9.17) is 0 Å². The molecular formula is C11H13F3S. The molecule has 0 aliphatic rings. The minimum absolute atomic E-state index is 0.480. The second-order valence-electron chi connectivity index (χ2n) is 3.39. The summed E-state index contributed by atoms with van der Waals surface area (Å²) in [6.45, 7) is 1.95. The van der Waals surface area contributed by atoms with Crippen LogP contribution in [0.25, 0.3) is 0 Å². The molecule has 1 aromatic carbocycles. The number of rotatable bonds is 3. The van der Waals surface area contributed by atoms with Gasteiger partial charge in [-0.1, -0.05) is 19.4 Å². The second-order valence-corrected chi connectivity index (χ2v) is 3.71. The van der Waals surface area contributed by atoms with Crippen LogP contribution < -0.4 is 0 Å². The molecule has 0 unspecified atom stereocenters. The Morgan fingerprint density at radius 3 is 2.33 bits per heavy atom. The molecule has 0 nitrogen and oxygen atoms in total. The van der Waals surface area contributed by atoms with Crippen LogP contribution in [0.5, 0.6) is 0 Å². The van der Waals surface area contributed by atoms with Crippen LogP contribution >= 0.6 is 12.6 Å². The predicted molar refractivity (Wildman–Crippen MR) is 58.1 cm³/mol. The highest BCUT2D eigenvalue weighted by Gasteiger charge is 2.30. The lowest BCUT2D eigenvalue weighted by atomic mass is 10.0. The van der Waals surface area contributed by atoms with Gasteiger partial charge in [0.05, 0.1) is 5.56 Å². The van der Waals surface area contributed by atoms with E-state index < -0.39 is 11.7 Å². The Labute approximate surface area is 92.9 Å². The second kappa shape index (κ2) is 4.92. The summed E-state index contributed by atoms with van der Waals surface area (Å²) >= 11 is 4.10. The van der Waals surface area contributed by atoms with Crippen molar-refractivity contribution in [1.29, 1.82) is 0 Å². The Morgan fingerprint density at radius 1 is 1.20 bits per heavy atom. The number of alkyl halides is 3. The lowest BCUT2D eigenvalue weighted by Gasteiger charge is -2.11. The van der Waals surface area contributed by atoms with Crippen LogP contribution in [0.1, 0.15) is 30.0 Å². The first-order valence-electron chi connectivity index (χ1n) is 4.79. The van der Waals surface area contributed by atoms with E-state index in [1.807, 2.05) is 6.92 Å². The number of hydrogen-bond acceptors (Lipinski definition) is 1. The van der Waals surface area contributed by atoms with E-state index in [0.29, 0.717) is 12.2 Å². The maximum atomic E-state index is 12.4. The monoisotopic (exact) mass is 234 g/mol. The predicted octanol–water partition coefficient (Wildman–Crippen LogP) is 4.09. The van der Waals surface area contributed by atoms with Crippen molar-refractivity contribution < 1.29 is 13.2 Å². The summed E-state index contributed by atoms with van der Waals surface area (Å²) in [6.07, 6.45) is -2.75. The third-order valence-electron chi connectivity index (χ3n) is 2.22. The molecule has 0 bridgehead atoms. The van der Waals surface area contributed by atoms with Crippen LogP contribution in [-0.4, -0.2) is 0 Å². The summed E-state index contributed by atoms with van der Waals surface area (Å²) in [6, 6.07) is 3.86. The average molecular weight is 234 g/mol. The number of thiol groups is 1. The fraction of sp³-hybridized carbons (Fsp3) is 0.455. The summed E-state index contributed by atoms with van der Waals surface area (Å²) in [5.74, 6) is 0.480. The van der Waals surface area contributed by atoms with Crippen LogP contribution in [0, 0.1) is 0 Å². The molecule has 0 amide bonds. The zero-order chi connectivity index (χ0) is 11.5. The fourth-order valence-electron chi connectivity index (χ4n) is 1.46. The molecule has 0 aromatic heterocycles. The van der Waals surface area contributed by atoms with Gasteiger partial charge in [-0.2, -0.15) is 25.8 Å². The van der Waals surface area contributed by atoms with Gasteiger partial charge >= 0.3 is 6.18 Å². The van der Waals surface area contributed by atoms with Gasteiger partial charge in [0.25, 0.3) is 0 Å². The summed E-state index contributed by atoms with van der Waals surface area (Å²) in [5, 5.41) is 0. The summed E-state index contributed by atoms with van der Waals surface area (Å²) in [4.78, 5) is 0. The Balaban J connectivity index is 3.10. The van der Waals surface area contributed by atoms with Crippen LogP contribution in [0.3, 0.4) is 0 Å². The Morgan fingerprint density at radius 2 is 1.87 bits per heavy atom. The molecule has 0 aliphatic carbocycles. The number of hydrogen-bond donors (Lipinski definition) is 1. The van der Waals surface area contributed by atoms with Crippen molar-refractivity contribution in [1.82, 2.24) is 0 Å². The molecule has 0 atom stereocenters. The smallest absolute Gasteiger partial charge is 0.175 e. The first kappa shape index (κ1) is 12.4. The molecule has 15 heavy (non-hydrogen) atoms. The maximum Gasteiger partial charge on any atom is 0.416 e. The molecule has 84 valence electrons. The Kier molecular flexibility index (Phi) is 4.08. The van der Waals surface area contributed by atoms with E-state index in [9.17, 15) is 13.2 Å². The van der Waals surface area contributed by atoms with Crippen LogP contribution in [-0.2, 0) is 18.3 Å². The van der Waals surface area contributed by atoms with Gasteiger partial charge in [0.1, 0.15) is 0 Å². The van der Waals surface area contributed by atoms with Gasteiger partial charge in [0, 0.05) is 5.75 Å². The van der Waals surface area contributed by atoms with Gasteiger partial charge in [0.2, 0.25) is 0 Å². The van der Waals surface area contributed by atoms with E-state index >= 15 is 0 Å². The quantitative estimate of drug-likeness (QED) is 0.748. The van der Waals surface area contributed by atoms with Gasteiger partial charge in [-0.3, -0.25) is 0 Å². The average Bonchev–Trinajstić information content (AvgIpc) is 2.17. The van der Waals surface area contributed by atoms with E-state index in [2.05, 4.69) is 12.6 Å². The minimum Gasteiger partial charge on any atom is -0.175 e. The number of benzene rings is 1. The van der Waals surface area contributed by atoms with E-state index in [0.717, 1.165) is 23.6 Å². The molecule has 0 saturated heterocycles. The standard InChI is InChI=1S/C11H13F3S/c1-2-3-8-6-10(11(12,13)14)5-4-9(8)7-15/h4-6,15H,2-3,7H2,1H3. The van der Waals surface area contributed by atoms with Crippen LogP contribution in [0.4, 0.5) is 13.2 Å². The topological polar surface area (TPSA) is 0 Å². The Bertz CT molecular complexity index is 331. The summed E-state index contributed by atoms with van der Waals surface area (Å²) in [7, 11) is 0. The normalized spacial score (nSPS) is 11.8. The number of aryl methyl sites for hydroxylation is 1. The largest absolute Gasteiger partial charge is 0.416 e. The molecule has 0 radical (unpaired) electrons. The summed E-state index contributed by atoms with van der Waals surface area (Å²) < 4.78 is 37.3. The third-order valence-corrected chi connectivity index (χ3v) is 2.56. The van der Waals surface area contributed by atoms with Crippen molar-refractivity contribution in [3.63, 3.8) is 0 Å². The van der Waals surface area contributed by atoms with Crippen molar-refractivity contribution >= 4 is 12.6 Å². The lowest BCUT2D eigenvalue weighted by Crippen LogP contribution is -2.06. The molecule has 0 fully saturated rings. The zero-order valence-corrected chi connectivity index (χ0v) is 9.33. The van der Waals surface area contributed by atoms with Crippen molar-refractivity contribution in [2.75, 3.05) is 0 Å². The van der Waals surface area contributed by atoms with Gasteiger partial charge in [0.15, 0.2) is 0 Å². The zero-order valence-electron chi connectivity index (χ0n) is 8.43. The molecule has 0 heterocycles. The molecular weight excluding hydrogens is 221 g/mol. The summed E-state index contributed by atoms with van der Waals surface area (Å²) in [5.41, 5.74) is 1.06. The van der Waals surface area contributed by atoms with E-state index in [1.165, 1.54) is 12.1 Å². The van der Waals surface area contributed by atoms with Crippen LogP contribution in [0.15, 0.2) is 18.2 Å². The van der Waals surface area contributed by atoms with E-state index in [-0.39, 0.29) is 0 Å². The van der Waals surface area contributed by atoms with Crippen molar-refractivity contribution in [2.45, 2.75) is 31.7 Å². The van der Waals surface area contributed by atoms with Gasteiger partial charge in [-0.25, -0.2) is 0 Å². The van der Waals surface area contributed by atoms with Gasteiger partial charge < -0.3 is 0 Å². The molecule has 0 N–H and O–H groups in total. The van der Waals surface area contributed by atoms with Crippen LogP contribution in [0.2, 0.25) is 0 Å². The highest BCUT2D eigenvalue weighted by atomic mass is 32.1. The van der Waals surface area contributed by atoms with Crippen molar-refractivity contribution in [2.24, 2.45) is 0 Å². The van der Waals surface area contributed by atoms with E-state index in [1.54, 1.807) is 0 Å². The Hall–Kier alpha value is -0.640. The molecule has 4 heteroatoms. The molecule has 0 aliphatic heterocycles. The molecule has 1 rings (SSSR count). The van der Waals surface area contributed by atoms with Crippen molar-refractivity contribution in [3.05, 3.63) is 34.9 Å². The van der Waals surface area contributed by atoms with Gasteiger partial charge in [-0.05, 0) is 29.7 Å².